The molecule has 8 heteroatoms. The van der Waals surface area contributed by atoms with Crippen molar-refractivity contribution in [2.75, 3.05) is 11.9 Å². The van der Waals surface area contributed by atoms with Crippen molar-refractivity contribution in [1.82, 2.24) is 24.9 Å². The minimum absolute atomic E-state index is 0.0903. The van der Waals surface area contributed by atoms with Crippen LogP contribution in [0.2, 0.25) is 5.28 Å². The third kappa shape index (κ3) is 4.27. The molecule has 0 aromatic carbocycles. The van der Waals surface area contributed by atoms with Crippen molar-refractivity contribution >= 4 is 17.5 Å². The first-order valence-corrected chi connectivity index (χ1v) is 6.62. The molecular weight excluding hydrogens is 280 g/mol. The summed E-state index contributed by atoms with van der Waals surface area (Å²) in [6, 6.07) is 2.03. The number of aryl methyl sites for hydroxylation is 1. The Bertz CT molecular complexity index is 580. The second kappa shape index (κ2) is 6.95. The van der Waals surface area contributed by atoms with Gasteiger partial charge in [-0.2, -0.15) is 15.0 Å². The molecule has 1 N–H and O–H groups in total. The molecule has 2 aromatic rings. The van der Waals surface area contributed by atoms with Crippen LogP contribution in [0.1, 0.15) is 24.9 Å². The first-order chi connectivity index (χ1) is 9.67. The highest BCUT2D eigenvalue weighted by Gasteiger charge is 2.06. The number of hydrogen-bond acceptors (Lipinski definition) is 7. The van der Waals surface area contributed by atoms with Gasteiger partial charge in [0.1, 0.15) is 5.82 Å². The van der Waals surface area contributed by atoms with Crippen LogP contribution < -0.4 is 10.1 Å². The molecule has 106 valence electrons. The Kier molecular flexibility index (Phi) is 5.00. The molecule has 0 atom stereocenters. The summed E-state index contributed by atoms with van der Waals surface area (Å²) >= 11 is 5.83. The van der Waals surface area contributed by atoms with Crippen LogP contribution >= 0.6 is 11.6 Å². The summed E-state index contributed by atoms with van der Waals surface area (Å²) in [4.78, 5) is 20.3. The predicted octanol–water partition coefficient (Wildman–Crippen LogP) is 2.02. The zero-order chi connectivity index (χ0) is 14.4. The zero-order valence-corrected chi connectivity index (χ0v) is 12.1. The number of ether oxygens (including phenoxy) is 1. The number of rotatable bonds is 6. The Morgan fingerprint density at radius 2 is 2.10 bits per heavy atom. The van der Waals surface area contributed by atoms with Crippen LogP contribution in [0, 0.1) is 6.92 Å². The zero-order valence-electron chi connectivity index (χ0n) is 11.3. The van der Waals surface area contributed by atoms with E-state index >= 15 is 0 Å². The summed E-state index contributed by atoms with van der Waals surface area (Å²) in [5.74, 6) is 1.07. The van der Waals surface area contributed by atoms with Gasteiger partial charge in [0, 0.05) is 6.20 Å². The van der Waals surface area contributed by atoms with Crippen molar-refractivity contribution in [2.45, 2.75) is 26.8 Å². The van der Waals surface area contributed by atoms with Crippen LogP contribution in [0.3, 0.4) is 0 Å². The molecule has 2 heterocycles. The maximum atomic E-state index is 5.83. The Morgan fingerprint density at radius 3 is 2.85 bits per heavy atom. The van der Waals surface area contributed by atoms with Gasteiger partial charge < -0.3 is 10.1 Å². The van der Waals surface area contributed by atoms with Gasteiger partial charge in [0.05, 0.1) is 18.8 Å². The molecule has 0 aliphatic rings. The van der Waals surface area contributed by atoms with Crippen LogP contribution in [-0.4, -0.2) is 31.5 Å². The lowest BCUT2D eigenvalue weighted by Gasteiger charge is -2.07. The topological polar surface area (TPSA) is 85.7 Å². The SMILES string of the molecule is CCCOc1nc(Cl)nc(NCc2ccnc(C)n2)n1. The quantitative estimate of drug-likeness (QED) is 0.872. The van der Waals surface area contributed by atoms with Crippen LogP contribution in [0.4, 0.5) is 5.95 Å². The first-order valence-electron chi connectivity index (χ1n) is 6.24. The Balaban J connectivity index is 2.03. The molecule has 0 saturated heterocycles. The van der Waals surface area contributed by atoms with Gasteiger partial charge in [-0.05, 0) is 31.0 Å². The van der Waals surface area contributed by atoms with Gasteiger partial charge in [-0.3, -0.25) is 0 Å². The molecule has 0 aliphatic heterocycles. The lowest BCUT2D eigenvalue weighted by atomic mass is 10.4. The molecule has 0 bridgehead atoms. The van der Waals surface area contributed by atoms with Gasteiger partial charge in [-0.15, -0.1) is 0 Å². The van der Waals surface area contributed by atoms with E-state index in [0.29, 0.717) is 24.9 Å². The molecule has 7 nitrogen and oxygen atoms in total. The molecule has 0 radical (unpaired) electrons. The number of nitrogens with zero attached hydrogens (tertiary/aromatic N) is 5. The number of hydrogen-bond donors (Lipinski definition) is 1. The highest BCUT2D eigenvalue weighted by atomic mass is 35.5. The molecule has 0 spiro atoms. The van der Waals surface area contributed by atoms with Crippen LogP contribution in [0.25, 0.3) is 0 Å². The van der Waals surface area contributed by atoms with Gasteiger partial charge in [0.2, 0.25) is 11.2 Å². The molecule has 0 unspecified atom stereocenters. The van der Waals surface area contributed by atoms with Crippen LogP contribution in [0.15, 0.2) is 12.3 Å². The maximum Gasteiger partial charge on any atom is 0.322 e. The molecule has 0 amide bonds. The summed E-state index contributed by atoms with van der Waals surface area (Å²) in [6.45, 7) is 4.83. The van der Waals surface area contributed by atoms with E-state index in [-0.39, 0.29) is 11.3 Å². The fourth-order valence-electron chi connectivity index (χ4n) is 1.44. The largest absolute Gasteiger partial charge is 0.463 e. The summed E-state index contributed by atoms with van der Waals surface area (Å²) in [6.07, 6.45) is 2.57. The summed E-state index contributed by atoms with van der Waals surface area (Å²) < 4.78 is 5.34. The van der Waals surface area contributed by atoms with Crippen molar-refractivity contribution in [2.24, 2.45) is 0 Å². The second-order valence-corrected chi connectivity index (χ2v) is 4.35. The van der Waals surface area contributed by atoms with Gasteiger partial charge in [-0.1, -0.05) is 6.92 Å². The lowest BCUT2D eigenvalue weighted by Crippen LogP contribution is -2.09. The van der Waals surface area contributed by atoms with E-state index in [1.165, 1.54) is 0 Å². The highest BCUT2D eigenvalue weighted by molar-refractivity contribution is 6.28. The maximum absolute atomic E-state index is 5.83. The van der Waals surface area contributed by atoms with Gasteiger partial charge in [-0.25, -0.2) is 9.97 Å². The predicted molar refractivity (Wildman–Crippen MR) is 74.7 cm³/mol. The van der Waals surface area contributed by atoms with E-state index in [1.807, 2.05) is 19.9 Å². The smallest absolute Gasteiger partial charge is 0.322 e. The third-order valence-electron chi connectivity index (χ3n) is 2.28. The molecule has 0 fully saturated rings. The third-order valence-corrected chi connectivity index (χ3v) is 2.45. The normalized spacial score (nSPS) is 10.3. The molecule has 0 saturated carbocycles. The van der Waals surface area contributed by atoms with Crippen molar-refractivity contribution in [3.63, 3.8) is 0 Å². The Morgan fingerprint density at radius 1 is 1.25 bits per heavy atom. The van der Waals surface area contributed by atoms with Crippen molar-refractivity contribution in [3.8, 4) is 6.01 Å². The lowest BCUT2D eigenvalue weighted by molar-refractivity contribution is 0.291. The fourth-order valence-corrected chi connectivity index (χ4v) is 1.59. The number of anilines is 1. The average Bonchev–Trinajstić information content (AvgIpc) is 2.42. The van der Waals surface area contributed by atoms with E-state index in [0.717, 1.165) is 12.1 Å². The van der Waals surface area contributed by atoms with Crippen LogP contribution in [0.5, 0.6) is 6.01 Å². The number of halogens is 1. The van der Waals surface area contributed by atoms with E-state index in [2.05, 4.69) is 30.2 Å². The Labute approximate surface area is 121 Å². The monoisotopic (exact) mass is 294 g/mol. The minimum atomic E-state index is 0.0903. The average molecular weight is 295 g/mol. The van der Waals surface area contributed by atoms with Crippen molar-refractivity contribution in [1.29, 1.82) is 0 Å². The van der Waals surface area contributed by atoms with Gasteiger partial charge in [0.25, 0.3) is 0 Å². The standard InChI is InChI=1S/C12H15ClN6O/c1-3-6-20-12-18-10(13)17-11(19-12)15-7-9-4-5-14-8(2)16-9/h4-5H,3,6-7H2,1-2H3,(H,15,17,18,19). The number of nitrogens with one attached hydrogen (secondary N) is 1. The van der Waals surface area contributed by atoms with E-state index in [9.17, 15) is 0 Å². The molecule has 0 aliphatic carbocycles. The van der Waals surface area contributed by atoms with Gasteiger partial charge >= 0.3 is 6.01 Å². The first kappa shape index (κ1) is 14.4. The molecule has 2 rings (SSSR count). The van der Waals surface area contributed by atoms with Crippen molar-refractivity contribution in [3.05, 3.63) is 29.1 Å². The highest BCUT2D eigenvalue weighted by Crippen LogP contribution is 2.12. The van der Waals surface area contributed by atoms with Gasteiger partial charge in [0.15, 0.2) is 0 Å². The molecule has 20 heavy (non-hydrogen) atoms. The van der Waals surface area contributed by atoms with E-state index in [1.54, 1.807) is 6.20 Å². The minimum Gasteiger partial charge on any atom is -0.463 e. The van der Waals surface area contributed by atoms with Crippen LogP contribution in [-0.2, 0) is 6.54 Å². The molecule has 2 aromatic heterocycles. The summed E-state index contributed by atoms with van der Waals surface area (Å²) in [5.41, 5.74) is 0.838. The van der Waals surface area contributed by atoms with Crippen molar-refractivity contribution < 1.29 is 4.74 Å². The second-order valence-electron chi connectivity index (χ2n) is 4.01. The van der Waals surface area contributed by atoms with E-state index in [4.69, 9.17) is 16.3 Å². The summed E-state index contributed by atoms with van der Waals surface area (Å²) in [7, 11) is 0. The Hall–Kier alpha value is -2.02. The number of aromatic nitrogens is 5. The fraction of sp³-hybridized carbons (Fsp3) is 0.417. The molecular formula is C12H15ClN6O. The summed E-state index contributed by atoms with van der Waals surface area (Å²) in [5, 5.41) is 3.12. The van der Waals surface area contributed by atoms with E-state index < -0.39 is 0 Å².